The summed E-state index contributed by atoms with van der Waals surface area (Å²) >= 11 is 1.79. The number of benzene rings is 1. The molecule has 29 heavy (non-hydrogen) atoms. The van der Waals surface area contributed by atoms with E-state index in [2.05, 4.69) is 63.6 Å². The lowest BCUT2D eigenvalue weighted by Crippen LogP contribution is -2.37. The van der Waals surface area contributed by atoms with Crippen LogP contribution in [0.25, 0.3) is 0 Å². The van der Waals surface area contributed by atoms with Gasteiger partial charge in [-0.05, 0) is 50.9 Å². The van der Waals surface area contributed by atoms with Gasteiger partial charge in [0.05, 0.1) is 10.7 Å². The van der Waals surface area contributed by atoms with Gasteiger partial charge in [-0.1, -0.05) is 37.1 Å². The second kappa shape index (κ2) is 11.3. The van der Waals surface area contributed by atoms with Crippen molar-refractivity contribution in [3.05, 3.63) is 51.0 Å². The summed E-state index contributed by atoms with van der Waals surface area (Å²) in [4.78, 5) is 12.9. The third-order valence-corrected chi connectivity index (χ3v) is 6.62. The summed E-state index contributed by atoms with van der Waals surface area (Å²) in [6.07, 6.45) is 6.36. The number of thiazole rings is 1. The molecule has 1 aromatic carbocycles. The average Bonchev–Trinajstić information content (AvgIpc) is 2.89. The molecule has 2 aromatic rings. The van der Waals surface area contributed by atoms with Crippen molar-refractivity contribution in [1.29, 1.82) is 0 Å². The number of aromatic nitrogens is 1. The van der Waals surface area contributed by atoms with Crippen LogP contribution in [-0.2, 0) is 19.5 Å². The lowest BCUT2D eigenvalue weighted by molar-refractivity contribution is 0.277. The molecule has 1 fully saturated rings. The Labute approximate surface area is 179 Å². The summed E-state index contributed by atoms with van der Waals surface area (Å²) in [5, 5.41) is 8.02. The van der Waals surface area contributed by atoms with Gasteiger partial charge in [-0.2, -0.15) is 0 Å². The maximum absolute atomic E-state index is 4.60. The first-order valence-electron chi connectivity index (χ1n) is 10.8. The number of hydrogen-bond donors (Lipinski definition) is 2. The Morgan fingerprint density at radius 1 is 1.10 bits per heavy atom. The minimum absolute atomic E-state index is 0.781. The van der Waals surface area contributed by atoms with E-state index in [4.69, 9.17) is 0 Å². The number of nitrogens with zero attached hydrogens (tertiary/aromatic N) is 3. The molecule has 0 radical (unpaired) electrons. The van der Waals surface area contributed by atoms with Crippen LogP contribution in [0.2, 0.25) is 0 Å². The third-order valence-electron chi connectivity index (χ3n) is 5.48. The summed E-state index contributed by atoms with van der Waals surface area (Å²) in [6.45, 7) is 9.35. The van der Waals surface area contributed by atoms with Crippen molar-refractivity contribution in [3.8, 4) is 0 Å². The third kappa shape index (κ3) is 7.12. The fourth-order valence-electron chi connectivity index (χ4n) is 3.73. The van der Waals surface area contributed by atoms with E-state index >= 15 is 0 Å². The molecule has 1 aliphatic heterocycles. The number of aliphatic imine (C=N–C) groups is 1. The molecule has 1 aromatic heterocycles. The van der Waals surface area contributed by atoms with Crippen LogP contribution in [0, 0.1) is 13.8 Å². The molecule has 0 saturated carbocycles. The highest BCUT2D eigenvalue weighted by atomic mass is 32.1. The maximum Gasteiger partial charge on any atom is 0.191 e. The molecule has 2 N–H and O–H groups in total. The van der Waals surface area contributed by atoms with Gasteiger partial charge in [0.15, 0.2) is 5.96 Å². The smallest absolute Gasteiger partial charge is 0.191 e. The maximum atomic E-state index is 4.60. The number of aryl methyl sites for hydroxylation is 2. The van der Waals surface area contributed by atoms with Crippen molar-refractivity contribution in [2.24, 2.45) is 4.99 Å². The van der Waals surface area contributed by atoms with Gasteiger partial charge in [0.1, 0.15) is 0 Å². The zero-order chi connectivity index (χ0) is 20.5. The van der Waals surface area contributed by atoms with Crippen molar-refractivity contribution >= 4 is 17.3 Å². The number of hydrogen-bond acceptors (Lipinski definition) is 4. The van der Waals surface area contributed by atoms with Crippen molar-refractivity contribution in [1.82, 2.24) is 20.5 Å². The zero-order valence-corrected chi connectivity index (χ0v) is 18.9. The second-order valence-electron chi connectivity index (χ2n) is 7.86. The lowest BCUT2D eigenvalue weighted by Gasteiger charge is -2.20. The molecule has 5 nitrogen and oxygen atoms in total. The summed E-state index contributed by atoms with van der Waals surface area (Å²) in [5.74, 6) is 0.841. The van der Waals surface area contributed by atoms with Crippen LogP contribution in [0.3, 0.4) is 0 Å². The van der Waals surface area contributed by atoms with Gasteiger partial charge in [-0.25, -0.2) is 4.98 Å². The Hall–Kier alpha value is -1.92. The topological polar surface area (TPSA) is 52.6 Å². The molecule has 1 saturated heterocycles. The summed E-state index contributed by atoms with van der Waals surface area (Å²) < 4.78 is 0. The van der Waals surface area contributed by atoms with E-state index in [0.29, 0.717) is 0 Å². The molecular formula is C23H35N5S. The van der Waals surface area contributed by atoms with E-state index in [1.165, 1.54) is 59.8 Å². The van der Waals surface area contributed by atoms with E-state index in [1.807, 2.05) is 7.05 Å². The standard InChI is InChI=1S/C23H35N5S/c1-18-19(2)29-22(27-18)11-12-25-23(24-3)26-16-20-9-8-10-21(15-20)17-28-13-6-4-5-7-14-28/h8-10,15H,4-7,11-14,16-17H2,1-3H3,(H2,24,25,26). The van der Waals surface area contributed by atoms with Crippen LogP contribution in [0.4, 0.5) is 0 Å². The molecule has 0 aliphatic carbocycles. The first-order chi connectivity index (χ1) is 14.1. The molecule has 0 atom stereocenters. The molecule has 0 unspecified atom stereocenters. The second-order valence-corrected chi connectivity index (χ2v) is 9.15. The Bertz CT molecular complexity index is 771. The first kappa shape index (κ1) is 21.8. The van der Waals surface area contributed by atoms with Crippen LogP contribution in [0.5, 0.6) is 0 Å². The van der Waals surface area contributed by atoms with Crippen LogP contribution in [-0.4, -0.2) is 42.5 Å². The number of guanidine groups is 1. The van der Waals surface area contributed by atoms with Crippen molar-refractivity contribution in [3.63, 3.8) is 0 Å². The molecule has 0 amide bonds. The monoisotopic (exact) mass is 413 g/mol. The molecule has 3 rings (SSSR count). The van der Waals surface area contributed by atoms with Crippen molar-refractivity contribution < 1.29 is 0 Å². The van der Waals surface area contributed by atoms with E-state index in [0.717, 1.165) is 37.7 Å². The van der Waals surface area contributed by atoms with Crippen LogP contribution in [0.15, 0.2) is 29.3 Å². The molecule has 1 aliphatic rings. The van der Waals surface area contributed by atoms with E-state index in [1.54, 1.807) is 11.3 Å². The van der Waals surface area contributed by atoms with Gasteiger partial charge in [-0.3, -0.25) is 9.89 Å². The fraction of sp³-hybridized carbons (Fsp3) is 0.565. The predicted octanol–water partition coefficient (Wildman–Crippen LogP) is 4.04. The Morgan fingerprint density at radius 3 is 2.55 bits per heavy atom. The molecular weight excluding hydrogens is 378 g/mol. The predicted molar refractivity (Wildman–Crippen MR) is 124 cm³/mol. The summed E-state index contributed by atoms with van der Waals surface area (Å²) in [6, 6.07) is 8.94. The van der Waals surface area contributed by atoms with Gasteiger partial charge in [-0.15, -0.1) is 11.3 Å². The van der Waals surface area contributed by atoms with Crippen LogP contribution in [0.1, 0.15) is 52.4 Å². The highest BCUT2D eigenvalue weighted by molar-refractivity contribution is 7.11. The number of likely N-dealkylation sites (tertiary alicyclic amines) is 1. The lowest BCUT2D eigenvalue weighted by atomic mass is 10.1. The Morgan fingerprint density at radius 2 is 1.86 bits per heavy atom. The zero-order valence-electron chi connectivity index (χ0n) is 18.1. The SMILES string of the molecule is CN=C(NCCc1nc(C)c(C)s1)NCc1cccc(CN2CCCCCC2)c1. The van der Waals surface area contributed by atoms with Gasteiger partial charge in [0.25, 0.3) is 0 Å². The van der Waals surface area contributed by atoms with Crippen LogP contribution < -0.4 is 10.6 Å². The summed E-state index contributed by atoms with van der Waals surface area (Å²) in [7, 11) is 1.82. The normalized spacial score (nSPS) is 15.9. The van der Waals surface area contributed by atoms with E-state index < -0.39 is 0 Å². The highest BCUT2D eigenvalue weighted by Crippen LogP contribution is 2.16. The van der Waals surface area contributed by atoms with Crippen LogP contribution >= 0.6 is 11.3 Å². The Balaban J connectivity index is 1.45. The number of rotatable bonds is 7. The van der Waals surface area contributed by atoms with Gasteiger partial charge in [0, 0.05) is 38.0 Å². The molecule has 158 valence electrons. The minimum atomic E-state index is 0.781. The van der Waals surface area contributed by atoms with Gasteiger partial charge < -0.3 is 10.6 Å². The first-order valence-corrected chi connectivity index (χ1v) is 11.6. The molecule has 0 spiro atoms. The van der Waals surface area contributed by atoms with E-state index in [9.17, 15) is 0 Å². The molecule has 0 bridgehead atoms. The van der Waals surface area contributed by atoms with Gasteiger partial charge in [0.2, 0.25) is 0 Å². The van der Waals surface area contributed by atoms with E-state index in [-0.39, 0.29) is 0 Å². The minimum Gasteiger partial charge on any atom is -0.356 e. The number of nitrogens with one attached hydrogen (secondary N) is 2. The van der Waals surface area contributed by atoms with Crippen molar-refractivity contribution in [2.45, 2.75) is 59.0 Å². The largest absolute Gasteiger partial charge is 0.356 e. The summed E-state index contributed by atoms with van der Waals surface area (Å²) in [5.41, 5.74) is 3.85. The Kier molecular flexibility index (Phi) is 8.50. The quantitative estimate of drug-likeness (QED) is 0.531. The van der Waals surface area contributed by atoms with Gasteiger partial charge >= 0.3 is 0 Å². The fourth-order valence-corrected chi connectivity index (χ4v) is 4.66. The molecule has 2 heterocycles. The highest BCUT2D eigenvalue weighted by Gasteiger charge is 2.10. The molecule has 6 heteroatoms. The van der Waals surface area contributed by atoms with Crippen molar-refractivity contribution in [2.75, 3.05) is 26.7 Å². The average molecular weight is 414 g/mol.